The number of nitriles is 2. The van der Waals surface area contributed by atoms with Crippen LogP contribution in [-0.4, -0.2) is 9.97 Å². The molecule has 1 heterocycles. The molecule has 0 spiro atoms. The van der Waals surface area contributed by atoms with Crippen LogP contribution >= 0.6 is 0 Å². The summed E-state index contributed by atoms with van der Waals surface area (Å²) >= 11 is 0. The zero-order valence-corrected chi connectivity index (χ0v) is 17.2. The van der Waals surface area contributed by atoms with Gasteiger partial charge in [-0.05, 0) is 72.1 Å². The molecule has 0 atom stereocenters. The second kappa shape index (κ2) is 8.86. The topological polar surface area (TPSA) is 121 Å². The van der Waals surface area contributed by atoms with Crippen LogP contribution in [0.2, 0.25) is 0 Å². The fourth-order valence-corrected chi connectivity index (χ4v) is 3.13. The second-order valence-corrected chi connectivity index (χ2v) is 7.04. The zero-order valence-electron chi connectivity index (χ0n) is 17.2. The highest BCUT2D eigenvalue weighted by molar-refractivity contribution is 5.67. The highest BCUT2D eigenvalue weighted by Gasteiger charge is 2.09. The van der Waals surface area contributed by atoms with Gasteiger partial charge in [0.15, 0.2) is 0 Å². The van der Waals surface area contributed by atoms with Crippen molar-refractivity contribution in [3.05, 3.63) is 89.5 Å². The van der Waals surface area contributed by atoms with E-state index >= 15 is 0 Å². The molecule has 1 aromatic heterocycles. The summed E-state index contributed by atoms with van der Waals surface area (Å²) in [6.07, 6.45) is 0. The third-order valence-corrected chi connectivity index (χ3v) is 4.71. The van der Waals surface area contributed by atoms with Gasteiger partial charge >= 0.3 is 0 Å². The van der Waals surface area contributed by atoms with E-state index in [-0.39, 0.29) is 11.8 Å². The number of nitrogens with zero attached hydrogens (tertiary/aromatic N) is 4. The van der Waals surface area contributed by atoms with Crippen LogP contribution in [0.25, 0.3) is 11.1 Å². The van der Waals surface area contributed by atoms with Crippen LogP contribution in [0.1, 0.15) is 16.7 Å². The molecule has 0 aliphatic rings. The maximum atomic E-state index is 9.12. The summed E-state index contributed by atoms with van der Waals surface area (Å²) in [5, 5.41) is 21.1. The normalized spacial score (nSPS) is 10.1. The van der Waals surface area contributed by atoms with E-state index in [4.69, 9.17) is 21.0 Å². The third-order valence-electron chi connectivity index (χ3n) is 4.71. The molecular formula is C25H18N6O. The Hall–Kier alpha value is -4.88. The Kier molecular flexibility index (Phi) is 5.65. The van der Waals surface area contributed by atoms with Gasteiger partial charge in [0.05, 0.1) is 23.3 Å². The lowest BCUT2D eigenvalue weighted by atomic mass is 10.0. The van der Waals surface area contributed by atoms with Crippen LogP contribution in [0.15, 0.2) is 72.8 Å². The molecule has 0 saturated heterocycles. The number of aromatic nitrogens is 2. The lowest BCUT2D eigenvalue weighted by molar-refractivity contribution is 0.459. The van der Waals surface area contributed by atoms with Gasteiger partial charge in [-0.2, -0.15) is 20.5 Å². The van der Waals surface area contributed by atoms with Crippen molar-refractivity contribution in [2.24, 2.45) is 0 Å². The number of anilines is 3. The smallest absolute Gasteiger partial charge is 0.232 e. The van der Waals surface area contributed by atoms with Crippen molar-refractivity contribution in [1.29, 1.82) is 10.5 Å². The van der Waals surface area contributed by atoms with Crippen molar-refractivity contribution in [3.63, 3.8) is 0 Å². The predicted molar refractivity (Wildman–Crippen MR) is 122 cm³/mol. The Labute approximate surface area is 185 Å². The van der Waals surface area contributed by atoms with Gasteiger partial charge in [-0.15, -0.1) is 0 Å². The highest BCUT2D eigenvalue weighted by atomic mass is 16.5. The summed E-state index contributed by atoms with van der Waals surface area (Å²) < 4.78 is 5.97. The van der Waals surface area contributed by atoms with Crippen LogP contribution in [0, 0.1) is 29.6 Å². The summed E-state index contributed by atoms with van der Waals surface area (Å²) in [4.78, 5) is 8.58. The van der Waals surface area contributed by atoms with Gasteiger partial charge in [0.2, 0.25) is 11.8 Å². The number of benzene rings is 3. The van der Waals surface area contributed by atoms with E-state index in [1.54, 1.807) is 36.4 Å². The molecule has 7 heteroatoms. The van der Waals surface area contributed by atoms with E-state index in [1.165, 1.54) is 0 Å². The quantitative estimate of drug-likeness (QED) is 0.450. The molecule has 3 aromatic carbocycles. The number of nitrogen functional groups attached to an aromatic ring is 1. The van der Waals surface area contributed by atoms with Crippen LogP contribution in [0.5, 0.6) is 11.6 Å². The number of nitrogens with two attached hydrogens (primary N) is 1. The molecule has 0 aliphatic heterocycles. The van der Waals surface area contributed by atoms with E-state index in [2.05, 4.69) is 27.4 Å². The fraction of sp³-hybridized carbons (Fsp3) is 0.0400. The first-order chi connectivity index (χ1) is 15.5. The van der Waals surface area contributed by atoms with Crippen molar-refractivity contribution in [2.45, 2.75) is 6.92 Å². The lowest BCUT2D eigenvalue weighted by Crippen LogP contribution is -2.02. The minimum atomic E-state index is 0.258. The van der Waals surface area contributed by atoms with Crippen LogP contribution in [0.4, 0.5) is 17.5 Å². The van der Waals surface area contributed by atoms with Gasteiger partial charge in [0, 0.05) is 11.8 Å². The zero-order chi connectivity index (χ0) is 22.5. The molecule has 0 unspecified atom stereocenters. The molecule has 0 aliphatic carbocycles. The van der Waals surface area contributed by atoms with Crippen molar-refractivity contribution in [1.82, 2.24) is 9.97 Å². The van der Waals surface area contributed by atoms with E-state index in [9.17, 15) is 0 Å². The van der Waals surface area contributed by atoms with Crippen LogP contribution in [-0.2, 0) is 0 Å². The van der Waals surface area contributed by atoms with Crippen molar-refractivity contribution in [3.8, 4) is 34.9 Å². The standard InChI is InChI=1S/C25H18N6O/c1-16-11-20(19-4-2-3-18(12-19)15-27)7-10-22(16)32-24-13-23(28)30-25(31-24)29-21-8-5-17(14-26)6-9-21/h2-13H,1H3,(H3,28,29,30,31). The Bertz CT molecular complexity index is 1370. The second-order valence-electron chi connectivity index (χ2n) is 7.04. The first-order valence-electron chi connectivity index (χ1n) is 9.75. The maximum Gasteiger partial charge on any atom is 0.232 e. The molecule has 4 rings (SSSR count). The Balaban J connectivity index is 1.56. The van der Waals surface area contributed by atoms with E-state index < -0.39 is 0 Å². The Morgan fingerprint density at radius 1 is 0.844 bits per heavy atom. The molecular weight excluding hydrogens is 400 g/mol. The third kappa shape index (κ3) is 4.64. The summed E-state index contributed by atoms with van der Waals surface area (Å²) in [6.45, 7) is 1.94. The average molecular weight is 418 g/mol. The SMILES string of the molecule is Cc1cc(-c2cccc(C#N)c2)ccc1Oc1cc(N)nc(Nc2ccc(C#N)cc2)n1. The molecule has 0 saturated carbocycles. The predicted octanol–water partition coefficient (Wildman–Crippen LogP) is 5.31. The molecule has 0 amide bonds. The molecule has 4 aromatic rings. The number of ether oxygens (including phenoxy) is 1. The molecule has 154 valence electrons. The molecule has 3 N–H and O–H groups in total. The van der Waals surface area contributed by atoms with Gasteiger partial charge in [-0.3, -0.25) is 0 Å². The largest absolute Gasteiger partial charge is 0.439 e. The molecule has 0 radical (unpaired) electrons. The molecule has 0 bridgehead atoms. The van der Waals surface area contributed by atoms with E-state index in [1.807, 2.05) is 43.3 Å². The van der Waals surface area contributed by atoms with Crippen LogP contribution in [0.3, 0.4) is 0 Å². The van der Waals surface area contributed by atoms with Crippen molar-refractivity contribution in [2.75, 3.05) is 11.1 Å². The van der Waals surface area contributed by atoms with E-state index in [0.717, 1.165) is 22.4 Å². The minimum Gasteiger partial charge on any atom is -0.439 e. The van der Waals surface area contributed by atoms with Crippen molar-refractivity contribution < 1.29 is 4.74 Å². The first-order valence-corrected chi connectivity index (χ1v) is 9.75. The molecule has 0 fully saturated rings. The van der Waals surface area contributed by atoms with Gasteiger partial charge < -0.3 is 15.8 Å². The first kappa shape index (κ1) is 20.4. The minimum absolute atomic E-state index is 0.258. The monoisotopic (exact) mass is 418 g/mol. The van der Waals surface area contributed by atoms with Crippen LogP contribution < -0.4 is 15.8 Å². The fourth-order valence-electron chi connectivity index (χ4n) is 3.13. The lowest BCUT2D eigenvalue weighted by Gasteiger charge is -2.12. The number of nitrogens with one attached hydrogen (secondary N) is 1. The summed E-state index contributed by atoms with van der Waals surface area (Å²) in [7, 11) is 0. The number of aryl methyl sites for hydroxylation is 1. The summed E-state index contributed by atoms with van der Waals surface area (Å²) in [5.74, 6) is 1.48. The molecule has 32 heavy (non-hydrogen) atoms. The Morgan fingerprint density at radius 2 is 1.59 bits per heavy atom. The number of hydrogen-bond acceptors (Lipinski definition) is 7. The summed E-state index contributed by atoms with van der Waals surface area (Å²) in [5.41, 5.74) is 10.7. The average Bonchev–Trinajstić information content (AvgIpc) is 2.80. The van der Waals surface area contributed by atoms with Gasteiger partial charge in [-0.1, -0.05) is 18.2 Å². The van der Waals surface area contributed by atoms with Gasteiger partial charge in [0.1, 0.15) is 11.6 Å². The number of hydrogen-bond donors (Lipinski definition) is 2. The highest BCUT2D eigenvalue weighted by Crippen LogP contribution is 2.30. The molecule has 7 nitrogen and oxygen atoms in total. The van der Waals surface area contributed by atoms with E-state index in [0.29, 0.717) is 22.8 Å². The maximum absolute atomic E-state index is 9.12. The Morgan fingerprint density at radius 3 is 2.31 bits per heavy atom. The van der Waals surface area contributed by atoms with Crippen molar-refractivity contribution >= 4 is 17.5 Å². The summed E-state index contributed by atoms with van der Waals surface area (Å²) in [6, 6.07) is 25.9. The van der Waals surface area contributed by atoms with Gasteiger partial charge in [-0.25, -0.2) is 0 Å². The number of rotatable bonds is 5. The van der Waals surface area contributed by atoms with Gasteiger partial charge in [0.25, 0.3) is 0 Å².